The van der Waals surface area contributed by atoms with Crippen molar-refractivity contribution in [3.63, 3.8) is 0 Å². The summed E-state index contributed by atoms with van der Waals surface area (Å²) in [6, 6.07) is 12.1. The van der Waals surface area contributed by atoms with Crippen LogP contribution in [0.3, 0.4) is 0 Å². The molecule has 0 heterocycles. The van der Waals surface area contributed by atoms with E-state index in [0.29, 0.717) is 30.1 Å². The summed E-state index contributed by atoms with van der Waals surface area (Å²) >= 11 is 6.36. The van der Waals surface area contributed by atoms with Crippen molar-refractivity contribution in [3.8, 4) is 0 Å². The fourth-order valence-corrected chi connectivity index (χ4v) is 5.13. The normalized spacial score (nSPS) is 12.2. The van der Waals surface area contributed by atoms with Crippen molar-refractivity contribution in [1.29, 1.82) is 0 Å². The van der Waals surface area contributed by atoms with Crippen LogP contribution >= 0.6 is 11.6 Å². The number of carbonyl (C=O) groups is 2. The van der Waals surface area contributed by atoms with Crippen molar-refractivity contribution in [2.45, 2.75) is 66.0 Å². The van der Waals surface area contributed by atoms with E-state index in [1.807, 2.05) is 58.0 Å². The Labute approximate surface area is 220 Å². The number of nitrogens with one attached hydrogen (secondary N) is 1. The summed E-state index contributed by atoms with van der Waals surface area (Å²) in [6.07, 6.45) is 2.81. The standard InChI is InChI=1S/C27H38ClN3O4S/c1-6-16-29-27(33)25(7-2)30(19-22-11-8-9-12-24(22)28)26(32)13-10-17-31(36(5,34)35)23-15-14-20(3)21(4)18-23/h8-9,11-12,14-15,18,25H,6-7,10,13,16-17,19H2,1-5H3,(H,29,33)/t25-/m0/s1. The number of hydrogen-bond acceptors (Lipinski definition) is 4. The first-order valence-corrected chi connectivity index (χ1v) is 14.6. The second-order valence-corrected chi connectivity index (χ2v) is 11.3. The van der Waals surface area contributed by atoms with Gasteiger partial charge in [0, 0.05) is 31.1 Å². The van der Waals surface area contributed by atoms with Gasteiger partial charge >= 0.3 is 0 Å². The fraction of sp³-hybridized carbons (Fsp3) is 0.481. The molecule has 0 saturated heterocycles. The Balaban J connectivity index is 2.23. The van der Waals surface area contributed by atoms with Crippen LogP contribution in [0.2, 0.25) is 5.02 Å². The second kappa shape index (κ2) is 13.7. The molecule has 36 heavy (non-hydrogen) atoms. The number of amides is 2. The van der Waals surface area contributed by atoms with Crippen molar-refractivity contribution < 1.29 is 18.0 Å². The number of rotatable bonds is 13. The van der Waals surface area contributed by atoms with Gasteiger partial charge in [0.05, 0.1) is 11.9 Å². The third kappa shape index (κ3) is 8.23. The molecule has 0 aliphatic rings. The summed E-state index contributed by atoms with van der Waals surface area (Å²) in [5.41, 5.74) is 3.39. The van der Waals surface area contributed by atoms with E-state index in [2.05, 4.69) is 5.32 Å². The van der Waals surface area contributed by atoms with Crippen molar-refractivity contribution >= 4 is 39.1 Å². The van der Waals surface area contributed by atoms with E-state index in [4.69, 9.17) is 11.6 Å². The molecule has 2 aromatic rings. The first-order chi connectivity index (χ1) is 17.0. The van der Waals surface area contributed by atoms with Crippen LogP contribution in [0.15, 0.2) is 42.5 Å². The number of benzene rings is 2. The van der Waals surface area contributed by atoms with Crippen LogP contribution in [-0.2, 0) is 26.2 Å². The van der Waals surface area contributed by atoms with Crippen LogP contribution in [0.5, 0.6) is 0 Å². The molecule has 0 saturated carbocycles. The largest absolute Gasteiger partial charge is 0.354 e. The predicted molar refractivity (Wildman–Crippen MR) is 147 cm³/mol. The van der Waals surface area contributed by atoms with Crippen molar-refractivity contribution in [3.05, 3.63) is 64.2 Å². The SMILES string of the molecule is CCCNC(=O)[C@H](CC)N(Cc1ccccc1Cl)C(=O)CCCN(c1ccc(C)c(C)c1)S(C)(=O)=O. The third-order valence-electron chi connectivity index (χ3n) is 6.16. The van der Waals surface area contributed by atoms with Gasteiger partial charge in [0.1, 0.15) is 6.04 Å². The maximum atomic E-state index is 13.4. The number of halogens is 1. The maximum absolute atomic E-state index is 13.4. The van der Waals surface area contributed by atoms with Gasteiger partial charge in [-0.2, -0.15) is 0 Å². The number of carbonyl (C=O) groups excluding carboxylic acids is 2. The van der Waals surface area contributed by atoms with Crippen LogP contribution in [0.25, 0.3) is 0 Å². The average Bonchev–Trinajstić information content (AvgIpc) is 2.82. The molecule has 9 heteroatoms. The summed E-state index contributed by atoms with van der Waals surface area (Å²) in [4.78, 5) is 27.9. The number of anilines is 1. The highest BCUT2D eigenvalue weighted by Gasteiger charge is 2.29. The highest BCUT2D eigenvalue weighted by atomic mass is 35.5. The van der Waals surface area contributed by atoms with Gasteiger partial charge in [-0.15, -0.1) is 0 Å². The van der Waals surface area contributed by atoms with E-state index in [1.165, 1.54) is 10.6 Å². The number of sulfonamides is 1. The minimum absolute atomic E-state index is 0.0961. The van der Waals surface area contributed by atoms with Gasteiger partial charge < -0.3 is 10.2 Å². The Morgan fingerprint density at radius 2 is 1.75 bits per heavy atom. The molecule has 0 spiro atoms. The molecule has 0 unspecified atom stereocenters. The topological polar surface area (TPSA) is 86.8 Å². The van der Waals surface area contributed by atoms with Crippen molar-refractivity contribution in [1.82, 2.24) is 10.2 Å². The summed E-state index contributed by atoms with van der Waals surface area (Å²) in [5.74, 6) is -0.422. The van der Waals surface area contributed by atoms with Gasteiger partial charge in [0.2, 0.25) is 21.8 Å². The van der Waals surface area contributed by atoms with Gasteiger partial charge in [-0.05, 0) is 68.0 Å². The number of nitrogens with zero attached hydrogens (tertiary/aromatic N) is 2. The number of hydrogen-bond donors (Lipinski definition) is 1. The molecule has 0 radical (unpaired) electrons. The highest BCUT2D eigenvalue weighted by Crippen LogP contribution is 2.23. The predicted octanol–water partition coefficient (Wildman–Crippen LogP) is 4.84. The number of aryl methyl sites for hydroxylation is 2. The van der Waals surface area contributed by atoms with Crippen molar-refractivity contribution in [2.24, 2.45) is 0 Å². The lowest BCUT2D eigenvalue weighted by Gasteiger charge is -2.31. The van der Waals surface area contributed by atoms with Crippen LogP contribution in [0.1, 0.15) is 56.2 Å². The van der Waals surface area contributed by atoms with Crippen LogP contribution in [0, 0.1) is 13.8 Å². The molecule has 1 N–H and O–H groups in total. The molecule has 0 aromatic heterocycles. The molecule has 198 valence electrons. The minimum Gasteiger partial charge on any atom is -0.354 e. The Bertz CT molecular complexity index is 1150. The van der Waals surface area contributed by atoms with Gasteiger partial charge in [0.25, 0.3) is 0 Å². The molecule has 0 bridgehead atoms. The lowest BCUT2D eigenvalue weighted by atomic mass is 10.1. The molecule has 0 fully saturated rings. The zero-order valence-electron chi connectivity index (χ0n) is 21.9. The Morgan fingerprint density at radius 1 is 1.06 bits per heavy atom. The Kier molecular flexibility index (Phi) is 11.2. The first kappa shape index (κ1) is 29.6. The zero-order valence-corrected chi connectivity index (χ0v) is 23.5. The van der Waals surface area contributed by atoms with E-state index < -0.39 is 16.1 Å². The monoisotopic (exact) mass is 535 g/mol. The van der Waals surface area contributed by atoms with Gasteiger partial charge in [-0.25, -0.2) is 8.42 Å². The summed E-state index contributed by atoms with van der Waals surface area (Å²) in [7, 11) is -3.54. The highest BCUT2D eigenvalue weighted by molar-refractivity contribution is 7.92. The Morgan fingerprint density at radius 3 is 2.33 bits per heavy atom. The molecule has 0 aliphatic heterocycles. The molecule has 7 nitrogen and oxygen atoms in total. The summed E-state index contributed by atoms with van der Waals surface area (Å²) < 4.78 is 26.4. The zero-order chi connectivity index (χ0) is 26.9. The van der Waals surface area contributed by atoms with Gasteiger partial charge in [0.15, 0.2) is 0 Å². The van der Waals surface area contributed by atoms with E-state index in [9.17, 15) is 18.0 Å². The fourth-order valence-electron chi connectivity index (χ4n) is 3.98. The maximum Gasteiger partial charge on any atom is 0.242 e. The molecule has 2 aromatic carbocycles. The Hall–Kier alpha value is -2.58. The van der Waals surface area contributed by atoms with Gasteiger partial charge in [-0.1, -0.05) is 49.7 Å². The van der Waals surface area contributed by atoms with Crippen LogP contribution in [0.4, 0.5) is 5.69 Å². The third-order valence-corrected chi connectivity index (χ3v) is 7.73. The molecule has 0 aliphatic carbocycles. The molecular formula is C27H38ClN3O4S. The minimum atomic E-state index is -3.54. The van der Waals surface area contributed by atoms with Crippen molar-refractivity contribution in [2.75, 3.05) is 23.7 Å². The van der Waals surface area contributed by atoms with E-state index in [1.54, 1.807) is 17.0 Å². The molecular weight excluding hydrogens is 498 g/mol. The van der Waals surface area contributed by atoms with Crippen LogP contribution < -0.4 is 9.62 Å². The molecule has 2 amide bonds. The smallest absolute Gasteiger partial charge is 0.242 e. The molecule has 1 atom stereocenters. The van der Waals surface area contributed by atoms with E-state index in [0.717, 1.165) is 23.1 Å². The molecule has 2 rings (SSSR count). The van der Waals surface area contributed by atoms with Crippen LogP contribution in [-0.4, -0.2) is 50.5 Å². The first-order valence-electron chi connectivity index (χ1n) is 12.3. The lowest BCUT2D eigenvalue weighted by Crippen LogP contribution is -2.49. The van der Waals surface area contributed by atoms with E-state index in [-0.39, 0.29) is 31.3 Å². The lowest BCUT2D eigenvalue weighted by molar-refractivity contribution is -0.141. The second-order valence-electron chi connectivity index (χ2n) is 9.04. The average molecular weight is 536 g/mol. The van der Waals surface area contributed by atoms with E-state index >= 15 is 0 Å². The quantitative estimate of drug-likeness (QED) is 0.398. The summed E-state index contributed by atoms with van der Waals surface area (Å²) in [6.45, 7) is 8.63. The van der Waals surface area contributed by atoms with Gasteiger partial charge in [-0.3, -0.25) is 13.9 Å². The summed E-state index contributed by atoms with van der Waals surface area (Å²) in [5, 5.41) is 3.42.